The first kappa shape index (κ1) is 15.0. The Morgan fingerprint density at radius 3 is 2.44 bits per heavy atom. The molecule has 0 saturated carbocycles. The molecule has 0 aliphatic carbocycles. The van der Waals surface area contributed by atoms with E-state index in [1.165, 1.54) is 7.11 Å². The number of esters is 2. The van der Waals surface area contributed by atoms with Crippen LogP contribution in [0.25, 0.3) is 0 Å². The highest BCUT2D eigenvalue weighted by atomic mass is 16.5. The van der Waals surface area contributed by atoms with Crippen LogP contribution in [0.4, 0.5) is 0 Å². The molecule has 1 unspecified atom stereocenters. The molecule has 104 valence electrons. The third kappa shape index (κ3) is 4.29. The lowest BCUT2D eigenvalue weighted by molar-refractivity contribution is -0.150. The van der Waals surface area contributed by atoms with E-state index < -0.39 is 0 Å². The van der Waals surface area contributed by atoms with Crippen molar-refractivity contribution in [2.45, 2.75) is 26.7 Å². The Kier molecular flexibility index (Phi) is 6.12. The van der Waals surface area contributed by atoms with Crippen molar-refractivity contribution in [1.29, 1.82) is 0 Å². The van der Waals surface area contributed by atoms with Gasteiger partial charge in [0.25, 0.3) is 0 Å². The van der Waals surface area contributed by atoms with Crippen molar-refractivity contribution in [3.63, 3.8) is 0 Å². The van der Waals surface area contributed by atoms with Gasteiger partial charge in [0.1, 0.15) is 0 Å². The number of piperidine rings is 1. The number of rotatable bonds is 5. The normalized spacial score (nSPS) is 19.3. The molecule has 0 radical (unpaired) electrons. The molecule has 0 aromatic rings. The van der Waals surface area contributed by atoms with E-state index in [2.05, 4.69) is 4.90 Å². The quantitative estimate of drug-likeness (QED) is 0.690. The number of hydrogen-bond donors (Lipinski definition) is 0. The highest BCUT2D eigenvalue weighted by Crippen LogP contribution is 2.19. The molecule has 5 heteroatoms. The Bertz CT molecular complexity index is 285. The van der Waals surface area contributed by atoms with E-state index in [-0.39, 0.29) is 23.8 Å². The Morgan fingerprint density at radius 1 is 1.33 bits per heavy atom. The van der Waals surface area contributed by atoms with Gasteiger partial charge in [0.05, 0.1) is 25.6 Å². The van der Waals surface area contributed by atoms with Crippen LogP contribution in [0.3, 0.4) is 0 Å². The number of nitrogens with zero attached hydrogens (tertiary/aromatic N) is 1. The van der Waals surface area contributed by atoms with Gasteiger partial charge >= 0.3 is 11.9 Å². The van der Waals surface area contributed by atoms with E-state index in [1.54, 1.807) is 0 Å². The molecule has 1 saturated heterocycles. The molecule has 0 bridgehead atoms. The summed E-state index contributed by atoms with van der Waals surface area (Å²) in [4.78, 5) is 25.1. The van der Waals surface area contributed by atoms with Crippen LogP contribution in [0.15, 0.2) is 0 Å². The van der Waals surface area contributed by atoms with Gasteiger partial charge in [0.2, 0.25) is 0 Å². The van der Waals surface area contributed by atoms with Crippen LogP contribution in [0.5, 0.6) is 0 Å². The monoisotopic (exact) mass is 257 g/mol. The average molecular weight is 257 g/mol. The van der Waals surface area contributed by atoms with E-state index in [0.29, 0.717) is 13.2 Å². The summed E-state index contributed by atoms with van der Waals surface area (Å²) in [7, 11) is 1.41. The van der Waals surface area contributed by atoms with Crippen LogP contribution in [-0.2, 0) is 19.1 Å². The highest BCUT2D eigenvalue weighted by molar-refractivity contribution is 5.73. The topological polar surface area (TPSA) is 55.8 Å². The average Bonchev–Trinajstić information content (AvgIpc) is 2.38. The van der Waals surface area contributed by atoms with Gasteiger partial charge in [-0.15, -0.1) is 0 Å². The van der Waals surface area contributed by atoms with Crippen molar-refractivity contribution in [3.8, 4) is 0 Å². The minimum atomic E-state index is -0.178. The first-order valence-electron chi connectivity index (χ1n) is 6.55. The van der Waals surface area contributed by atoms with E-state index in [0.717, 1.165) is 25.9 Å². The van der Waals surface area contributed by atoms with Gasteiger partial charge in [-0.05, 0) is 32.9 Å². The smallest absolute Gasteiger partial charge is 0.309 e. The summed E-state index contributed by atoms with van der Waals surface area (Å²) in [6, 6.07) is 0. The predicted octanol–water partition coefficient (Wildman–Crippen LogP) is 1.07. The summed E-state index contributed by atoms with van der Waals surface area (Å²) < 4.78 is 9.73. The number of likely N-dealkylation sites (tertiary alicyclic amines) is 1. The lowest BCUT2D eigenvalue weighted by atomic mass is 9.96. The zero-order chi connectivity index (χ0) is 13.5. The molecule has 0 aromatic carbocycles. The zero-order valence-electron chi connectivity index (χ0n) is 11.5. The summed E-state index contributed by atoms with van der Waals surface area (Å²) in [6.07, 6.45) is 1.62. The molecule has 0 spiro atoms. The van der Waals surface area contributed by atoms with Crippen molar-refractivity contribution in [2.75, 3.05) is 33.4 Å². The van der Waals surface area contributed by atoms with Gasteiger partial charge in [0.15, 0.2) is 0 Å². The molecule has 0 N–H and O–H groups in total. The summed E-state index contributed by atoms with van der Waals surface area (Å²) in [5.74, 6) is -0.357. The van der Waals surface area contributed by atoms with Crippen molar-refractivity contribution in [1.82, 2.24) is 4.90 Å². The first-order chi connectivity index (χ1) is 8.58. The molecule has 1 aliphatic heterocycles. The Labute approximate surface area is 108 Å². The van der Waals surface area contributed by atoms with Crippen molar-refractivity contribution in [3.05, 3.63) is 0 Å². The number of hydrogen-bond acceptors (Lipinski definition) is 5. The summed E-state index contributed by atoms with van der Waals surface area (Å²) >= 11 is 0. The van der Waals surface area contributed by atoms with Gasteiger partial charge in [0, 0.05) is 6.54 Å². The predicted molar refractivity (Wildman–Crippen MR) is 67.0 cm³/mol. The second-order valence-corrected chi connectivity index (χ2v) is 4.75. The van der Waals surface area contributed by atoms with Crippen molar-refractivity contribution >= 4 is 11.9 Å². The first-order valence-corrected chi connectivity index (χ1v) is 6.55. The van der Waals surface area contributed by atoms with Gasteiger partial charge in [-0.25, -0.2) is 0 Å². The summed E-state index contributed by atoms with van der Waals surface area (Å²) in [5, 5.41) is 0. The van der Waals surface area contributed by atoms with Gasteiger partial charge in [-0.2, -0.15) is 0 Å². The highest BCUT2D eigenvalue weighted by Gasteiger charge is 2.27. The molecule has 1 heterocycles. The number of methoxy groups -OCH3 is 1. The van der Waals surface area contributed by atoms with Crippen molar-refractivity contribution < 1.29 is 19.1 Å². The lowest BCUT2D eigenvalue weighted by Gasteiger charge is -2.31. The standard InChI is InChI=1S/C13H23NO4/c1-4-18-13(16)11-5-7-14(8-6-11)9-10(2)12(15)17-3/h10-11H,4-9H2,1-3H3. The number of carbonyl (C=O) groups excluding carboxylic acids is 2. The van der Waals surface area contributed by atoms with Crippen LogP contribution >= 0.6 is 0 Å². The van der Waals surface area contributed by atoms with Crippen molar-refractivity contribution in [2.24, 2.45) is 11.8 Å². The van der Waals surface area contributed by atoms with Gasteiger partial charge in [-0.3, -0.25) is 9.59 Å². The fourth-order valence-electron chi connectivity index (χ4n) is 2.27. The molecule has 18 heavy (non-hydrogen) atoms. The van der Waals surface area contributed by atoms with Crippen LogP contribution in [0, 0.1) is 11.8 Å². The lowest BCUT2D eigenvalue weighted by Crippen LogP contribution is -2.40. The van der Waals surface area contributed by atoms with E-state index in [4.69, 9.17) is 9.47 Å². The molecule has 1 fully saturated rings. The van der Waals surface area contributed by atoms with Gasteiger partial charge < -0.3 is 14.4 Å². The SMILES string of the molecule is CCOC(=O)C1CCN(CC(C)C(=O)OC)CC1. The molecule has 1 aliphatic rings. The maximum atomic E-state index is 11.6. The van der Waals surface area contributed by atoms with Crippen LogP contribution < -0.4 is 0 Å². The fraction of sp³-hybridized carbons (Fsp3) is 0.846. The van der Waals surface area contributed by atoms with E-state index >= 15 is 0 Å². The summed E-state index contributed by atoms with van der Waals surface area (Å²) in [5.41, 5.74) is 0. The molecule has 0 aromatic heterocycles. The second-order valence-electron chi connectivity index (χ2n) is 4.75. The molecule has 1 atom stereocenters. The molecule has 1 rings (SSSR count). The van der Waals surface area contributed by atoms with Crippen LogP contribution in [0.1, 0.15) is 26.7 Å². The Hall–Kier alpha value is -1.10. The second kappa shape index (κ2) is 7.36. The van der Waals surface area contributed by atoms with Crippen LogP contribution in [-0.4, -0.2) is 50.2 Å². The van der Waals surface area contributed by atoms with Crippen LogP contribution in [0.2, 0.25) is 0 Å². The number of ether oxygens (including phenoxy) is 2. The molecule has 5 nitrogen and oxygen atoms in total. The maximum Gasteiger partial charge on any atom is 0.309 e. The molecular weight excluding hydrogens is 234 g/mol. The Balaban J connectivity index is 2.31. The number of carbonyl (C=O) groups is 2. The van der Waals surface area contributed by atoms with E-state index in [9.17, 15) is 9.59 Å². The fourth-order valence-corrected chi connectivity index (χ4v) is 2.27. The summed E-state index contributed by atoms with van der Waals surface area (Å²) in [6.45, 7) is 6.50. The molecule has 0 amide bonds. The van der Waals surface area contributed by atoms with Gasteiger partial charge in [-0.1, -0.05) is 6.92 Å². The zero-order valence-corrected chi connectivity index (χ0v) is 11.5. The maximum absolute atomic E-state index is 11.6. The van der Waals surface area contributed by atoms with E-state index in [1.807, 2.05) is 13.8 Å². The largest absolute Gasteiger partial charge is 0.469 e. The molecular formula is C13H23NO4. The minimum Gasteiger partial charge on any atom is -0.469 e. The minimum absolute atomic E-state index is 0.0228. The Morgan fingerprint density at radius 2 is 1.94 bits per heavy atom. The third-order valence-corrected chi connectivity index (χ3v) is 3.34. The third-order valence-electron chi connectivity index (χ3n) is 3.34.